The molecule has 3 N–H and O–H groups in total. The maximum absolute atomic E-state index is 12.1. The Morgan fingerprint density at radius 3 is 2.74 bits per heavy atom. The Bertz CT molecular complexity index is 861. The van der Waals surface area contributed by atoms with Gasteiger partial charge in [-0.1, -0.05) is 6.07 Å². The van der Waals surface area contributed by atoms with E-state index in [1.165, 1.54) is 0 Å². The van der Waals surface area contributed by atoms with E-state index in [0.717, 1.165) is 6.42 Å². The number of furan rings is 1. The number of rotatable bonds is 5. The van der Waals surface area contributed by atoms with Crippen molar-refractivity contribution in [3.05, 3.63) is 47.9 Å². The number of hydrogen-bond acceptors (Lipinski definition) is 5. The number of hydrogen-bond donors (Lipinski definition) is 3. The van der Waals surface area contributed by atoms with Gasteiger partial charge < -0.3 is 25.1 Å². The summed E-state index contributed by atoms with van der Waals surface area (Å²) in [6.07, 6.45) is 0.270. The predicted molar refractivity (Wildman–Crippen MR) is 98.1 cm³/mol. The minimum Gasteiger partial charge on any atom is -0.464 e. The summed E-state index contributed by atoms with van der Waals surface area (Å²) in [5, 5.41) is 14.8. The van der Waals surface area contributed by atoms with E-state index in [4.69, 9.17) is 4.42 Å². The van der Waals surface area contributed by atoms with Crippen LogP contribution in [0.3, 0.4) is 0 Å². The second-order valence-electron chi connectivity index (χ2n) is 6.33. The van der Waals surface area contributed by atoms with Gasteiger partial charge >= 0.3 is 11.8 Å². The molecule has 1 aliphatic rings. The van der Waals surface area contributed by atoms with Crippen molar-refractivity contribution in [3.8, 4) is 0 Å². The highest BCUT2D eigenvalue weighted by atomic mass is 16.4. The molecule has 3 rings (SSSR count). The van der Waals surface area contributed by atoms with Crippen LogP contribution in [-0.4, -0.2) is 35.9 Å². The first kappa shape index (κ1) is 18.7. The number of aliphatic hydroxyl groups excluding tert-OH is 1. The van der Waals surface area contributed by atoms with E-state index in [1.54, 1.807) is 48.2 Å². The highest BCUT2D eigenvalue weighted by Crippen LogP contribution is 2.24. The highest BCUT2D eigenvalue weighted by molar-refractivity contribution is 6.39. The fraction of sp³-hybridized carbons (Fsp3) is 0.316. The molecule has 0 saturated carbocycles. The van der Waals surface area contributed by atoms with E-state index >= 15 is 0 Å². The van der Waals surface area contributed by atoms with Gasteiger partial charge in [0.05, 0.1) is 6.54 Å². The van der Waals surface area contributed by atoms with Gasteiger partial charge in [-0.05, 0) is 43.7 Å². The Hall–Kier alpha value is -3.13. The number of carbonyl (C=O) groups excluding carboxylic acids is 3. The molecule has 0 bridgehead atoms. The quantitative estimate of drug-likeness (QED) is 0.690. The molecule has 0 aliphatic carbocycles. The summed E-state index contributed by atoms with van der Waals surface area (Å²) in [5.74, 6) is -0.734. The van der Waals surface area contributed by atoms with E-state index in [1.807, 2.05) is 0 Å². The summed E-state index contributed by atoms with van der Waals surface area (Å²) < 4.78 is 5.27. The first-order valence-corrected chi connectivity index (χ1v) is 8.68. The third kappa shape index (κ3) is 4.53. The Morgan fingerprint density at radius 1 is 1.26 bits per heavy atom. The zero-order valence-electron chi connectivity index (χ0n) is 14.9. The molecule has 8 nitrogen and oxygen atoms in total. The molecule has 1 aromatic carbocycles. The highest BCUT2D eigenvalue weighted by Gasteiger charge is 2.22. The lowest BCUT2D eigenvalue weighted by atomic mass is 10.2. The van der Waals surface area contributed by atoms with Gasteiger partial charge in [0, 0.05) is 24.3 Å². The zero-order valence-corrected chi connectivity index (χ0v) is 14.9. The van der Waals surface area contributed by atoms with Crippen LogP contribution in [0.15, 0.2) is 40.8 Å². The molecule has 27 heavy (non-hydrogen) atoms. The number of nitrogens with zero attached hydrogens (tertiary/aromatic N) is 1. The van der Waals surface area contributed by atoms with Crippen LogP contribution >= 0.6 is 0 Å². The Labute approximate surface area is 156 Å². The van der Waals surface area contributed by atoms with Crippen LogP contribution in [0.5, 0.6) is 0 Å². The molecule has 1 unspecified atom stereocenters. The fourth-order valence-electron chi connectivity index (χ4n) is 2.86. The average Bonchev–Trinajstić information content (AvgIpc) is 3.27. The molecule has 1 aromatic heterocycles. The SMILES string of the molecule is Cc1ccc(C(O)CNC(=O)C(=O)Nc2cccc(N3CCCC3=O)c2)o1. The van der Waals surface area contributed by atoms with Crippen molar-refractivity contribution in [2.24, 2.45) is 0 Å². The molecule has 8 heteroatoms. The van der Waals surface area contributed by atoms with Crippen LogP contribution in [-0.2, 0) is 14.4 Å². The number of nitrogens with one attached hydrogen (secondary N) is 2. The lowest BCUT2D eigenvalue weighted by molar-refractivity contribution is -0.136. The van der Waals surface area contributed by atoms with Gasteiger partial charge in [0.15, 0.2) is 0 Å². The maximum Gasteiger partial charge on any atom is 0.313 e. The van der Waals surface area contributed by atoms with Gasteiger partial charge in [-0.15, -0.1) is 0 Å². The Kier molecular flexibility index (Phi) is 5.56. The maximum atomic E-state index is 12.1. The second kappa shape index (κ2) is 8.05. The number of aryl methyl sites for hydroxylation is 1. The van der Waals surface area contributed by atoms with Gasteiger partial charge in [-0.2, -0.15) is 0 Å². The molecule has 1 saturated heterocycles. The summed E-state index contributed by atoms with van der Waals surface area (Å²) in [5.41, 5.74) is 1.09. The van der Waals surface area contributed by atoms with Crippen molar-refractivity contribution in [2.75, 3.05) is 23.3 Å². The number of anilines is 2. The fourth-order valence-corrected chi connectivity index (χ4v) is 2.86. The number of amides is 3. The monoisotopic (exact) mass is 371 g/mol. The second-order valence-corrected chi connectivity index (χ2v) is 6.33. The van der Waals surface area contributed by atoms with Gasteiger partial charge in [0.2, 0.25) is 5.91 Å². The molecule has 1 aliphatic heterocycles. The van der Waals surface area contributed by atoms with Gasteiger partial charge in [0.25, 0.3) is 0 Å². The number of aliphatic hydroxyl groups is 1. The first-order chi connectivity index (χ1) is 12.9. The van der Waals surface area contributed by atoms with Gasteiger partial charge in [0.1, 0.15) is 17.6 Å². The Morgan fingerprint density at radius 2 is 2.07 bits per heavy atom. The van der Waals surface area contributed by atoms with Crippen molar-refractivity contribution in [2.45, 2.75) is 25.9 Å². The summed E-state index contributed by atoms with van der Waals surface area (Å²) in [6.45, 7) is 2.23. The van der Waals surface area contributed by atoms with Crippen LogP contribution in [0.2, 0.25) is 0 Å². The van der Waals surface area contributed by atoms with Crippen molar-refractivity contribution in [1.29, 1.82) is 0 Å². The van der Waals surface area contributed by atoms with E-state index in [9.17, 15) is 19.5 Å². The summed E-state index contributed by atoms with van der Waals surface area (Å²) >= 11 is 0. The molecule has 1 fully saturated rings. The molecule has 2 heterocycles. The van der Waals surface area contributed by atoms with E-state index in [0.29, 0.717) is 35.9 Å². The standard InChI is InChI=1S/C19H21N3O5/c1-12-7-8-16(27-12)15(23)11-20-18(25)19(26)21-13-4-2-5-14(10-13)22-9-3-6-17(22)24/h2,4-5,7-8,10,15,23H,3,6,9,11H2,1H3,(H,20,25)(H,21,26). The minimum absolute atomic E-state index is 0.0402. The van der Waals surface area contributed by atoms with Gasteiger partial charge in [-0.25, -0.2) is 0 Å². The molecular weight excluding hydrogens is 350 g/mol. The largest absolute Gasteiger partial charge is 0.464 e. The van der Waals surface area contributed by atoms with Crippen molar-refractivity contribution < 1.29 is 23.9 Å². The van der Waals surface area contributed by atoms with Crippen LogP contribution < -0.4 is 15.5 Å². The lowest BCUT2D eigenvalue weighted by Crippen LogP contribution is -2.37. The average molecular weight is 371 g/mol. The summed E-state index contributed by atoms with van der Waals surface area (Å²) in [4.78, 5) is 37.5. The third-order valence-corrected chi connectivity index (χ3v) is 4.24. The van der Waals surface area contributed by atoms with Crippen molar-refractivity contribution in [3.63, 3.8) is 0 Å². The zero-order chi connectivity index (χ0) is 19.4. The van der Waals surface area contributed by atoms with E-state index in [2.05, 4.69) is 10.6 Å². The van der Waals surface area contributed by atoms with Crippen molar-refractivity contribution >= 4 is 29.1 Å². The molecule has 0 spiro atoms. The third-order valence-electron chi connectivity index (χ3n) is 4.24. The first-order valence-electron chi connectivity index (χ1n) is 8.68. The number of benzene rings is 1. The Balaban J connectivity index is 1.55. The lowest BCUT2D eigenvalue weighted by Gasteiger charge is -2.16. The van der Waals surface area contributed by atoms with Crippen LogP contribution in [0.4, 0.5) is 11.4 Å². The smallest absolute Gasteiger partial charge is 0.313 e. The van der Waals surface area contributed by atoms with Crippen LogP contribution in [0, 0.1) is 6.92 Å². The topological polar surface area (TPSA) is 112 Å². The number of carbonyl (C=O) groups is 3. The normalized spacial score (nSPS) is 14.9. The molecule has 0 radical (unpaired) electrons. The molecular formula is C19H21N3O5. The van der Waals surface area contributed by atoms with E-state index < -0.39 is 17.9 Å². The minimum atomic E-state index is -1.04. The van der Waals surface area contributed by atoms with Gasteiger partial charge in [-0.3, -0.25) is 14.4 Å². The van der Waals surface area contributed by atoms with Crippen LogP contribution in [0.25, 0.3) is 0 Å². The van der Waals surface area contributed by atoms with Crippen LogP contribution in [0.1, 0.15) is 30.5 Å². The van der Waals surface area contributed by atoms with Crippen molar-refractivity contribution in [1.82, 2.24) is 5.32 Å². The molecule has 2 aromatic rings. The molecule has 3 amide bonds. The van der Waals surface area contributed by atoms with E-state index in [-0.39, 0.29) is 12.5 Å². The molecule has 1 atom stereocenters. The molecule has 142 valence electrons. The summed E-state index contributed by atoms with van der Waals surface area (Å²) in [7, 11) is 0. The predicted octanol–water partition coefficient (Wildman–Crippen LogP) is 1.50. The summed E-state index contributed by atoms with van der Waals surface area (Å²) in [6, 6.07) is 10.1.